The average Bonchev–Trinajstić information content (AvgIpc) is 3.63. The van der Waals surface area contributed by atoms with Gasteiger partial charge in [0.25, 0.3) is 5.91 Å². The van der Waals surface area contributed by atoms with Gasteiger partial charge in [-0.1, -0.05) is 6.07 Å². The molecule has 3 heterocycles. The summed E-state index contributed by atoms with van der Waals surface area (Å²) < 4.78 is 5.29. The molecule has 32 heavy (non-hydrogen) atoms. The minimum atomic E-state index is 0.0722. The third kappa shape index (κ3) is 3.52. The number of anilines is 1. The first kappa shape index (κ1) is 20.0. The zero-order valence-electron chi connectivity index (χ0n) is 18.5. The van der Waals surface area contributed by atoms with Crippen molar-refractivity contribution in [2.45, 2.75) is 44.4 Å². The first-order valence-electron chi connectivity index (χ1n) is 11.7. The molecular weight excluding hydrogens is 420 g/mol. The Morgan fingerprint density at radius 3 is 2.69 bits per heavy atom. The van der Waals surface area contributed by atoms with E-state index < -0.39 is 0 Å². The minimum absolute atomic E-state index is 0.0722. The van der Waals surface area contributed by atoms with Crippen LogP contribution in [0.3, 0.4) is 0 Å². The van der Waals surface area contributed by atoms with Crippen molar-refractivity contribution >= 4 is 33.3 Å². The fraction of sp³-hybridized carbons (Fsp3) is 0.480. The van der Waals surface area contributed by atoms with Crippen LogP contribution >= 0.6 is 11.3 Å². The zero-order chi connectivity index (χ0) is 21.7. The normalized spacial score (nSPS) is 18.7. The largest absolute Gasteiger partial charge is 0.497 e. The molecule has 7 heteroatoms. The first-order valence-corrected chi connectivity index (χ1v) is 12.5. The van der Waals surface area contributed by atoms with Gasteiger partial charge in [0.15, 0.2) is 0 Å². The van der Waals surface area contributed by atoms with Gasteiger partial charge in [-0.2, -0.15) is 0 Å². The summed E-state index contributed by atoms with van der Waals surface area (Å²) in [5.74, 6) is 3.47. The van der Waals surface area contributed by atoms with Crippen LogP contribution in [0.15, 0.2) is 24.3 Å². The highest BCUT2D eigenvalue weighted by Gasteiger charge is 2.32. The van der Waals surface area contributed by atoms with Crippen molar-refractivity contribution in [1.82, 2.24) is 14.9 Å². The summed E-state index contributed by atoms with van der Waals surface area (Å²) in [5.41, 5.74) is 2.17. The summed E-state index contributed by atoms with van der Waals surface area (Å²) in [4.78, 5) is 30.2. The van der Waals surface area contributed by atoms with Crippen molar-refractivity contribution in [3.63, 3.8) is 0 Å². The van der Waals surface area contributed by atoms with E-state index in [0.717, 1.165) is 31.2 Å². The van der Waals surface area contributed by atoms with Crippen LogP contribution in [-0.2, 0) is 12.8 Å². The fourth-order valence-electron chi connectivity index (χ4n) is 4.97. The van der Waals surface area contributed by atoms with E-state index >= 15 is 0 Å². The van der Waals surface area contributed by atoms with Gasteiger partial charge in [-0.05, 0) is 62.3 Å². The van der Waals surface area contributed by atoms with Crippen LogP contribution in [0.2, 0.25) is 0 Å². The van der Waals surface area contributed by atoms with E-state index in [1.54, 1.807) is 7.11 Å². The number of piperazine rings is 1. The van der Waals surface area contributed by atoms with Crippen LogP contribution in [-0.4, -0.2) is 54.1 Å². The Labute approximate surface area is 192 Å². The van der Waals surface area contributed by atoms with Crippen LogP contribution in [0.25, 0.3) is 10.2 Å². The summed E-state index contributed by atoms with van der Waals surface area (Å²) in [6.07, 6.45) is 7.27. The predicted molar refractivity (Wildman–Crippen MR) is 127 cm³/mol. The van der Waals surface area contributed by atoms with Gasteiger partial charge in [0.1, 0.15) is 22.2 Å². The lowest BCUT2D eigenvalue weighted by Gasteiger charge is -2.36. The molecule has 1 amide bonds. The Kier molecular flexibility index (Phi) is 5.01. The molecule has 1 aliphatic heterocycles. The molecule has 0 radical (unpaired) electrons. The number of methoxy groups -OCH3 is 1. The summed E-state index contributed by atoms with van der Waals surface area (Å²) in [6.45, 7) is 3.01. The molecule has 3 aliphatic rings. The number of carbonyl (C=O) groups excluding carboxylic acids is 1. The van der Waals surface area contributed by atoms with E-state index in [9.17, 15) is 4.79 Å². The molecule has 0 N–H and O–H groups in total. The number of aryl methyl sites for hydroxylation is 2. The molecule has 1 aromatic carbocycles. The molecule has 0 bridgehead atoms. The number of hydrogen-bond acceptors (Lipinski definition) is 6. The van der Waals surface area contributed by atoms with Gasteiger partial charge >= 0.3 is 0 Å². The summed E-state index contributed by atoms with van der Waals surface area (Å²) in [7, 11) is 1.63. The number of aromatic nitrogens is 2. The van der Waals surface area contributed by atoms with Crippen LogP contribution < -0.4 is 9.64 Å². The molecular formula is C25H28N4O2S. The Morgan fingerprint density at radius 2 is 1.91 bits per heavy atom. The van der Waals surface area contributed by atoms with E-state index in [2.05, 4.69) is 4.90 Å². The van der Waals surface area contributed by atoms with E-state index in [1.165, 1.54) is 52.8 Å². The molecule has 0 spiro atoms. The van der Waals surface area contributed by atoms with Crippen LogP contribution in [0.1, 0.15) is 58.2 Å². The van der Waals surface area contributed by atoms with E-state index in [1.807, 2.05) is 40.5 Å². The lowest BCUT2D eigenvalue weighted by atomic mass is 9.97. The molecule has 1 saturated heterocycles. The number of rotatable bonds is 4. The third-order valence-electron chi connectivity index (χ3n) is 6.94. The molecule has 3 aromatic rings. The van der Waals surface area contributed by atoms with Gasteiger partial charge in [0, 0.05) is 42.5 Å². The smallest absolute Gasteiger partial charge is 0.254 e. The van der Waals surface area contributed by atoms with Crippen molar-refractivity contribution in [3.8, 4) is 5.75 Å². The Balaban J connectivity index is 1.28. The molecule has 2 fully saturated rings. The van der Waals surface area contributed by atoms with E-state index in [-0.39, 0.29) is 5.91 Å². The van der Waals surface area contributed by atoms with Gasteiger partial charge in [0.2, 0.25) is 0 Å². The second kappa shape index (κ2) is 8.03. The average molecular weight is 449 g/mol. The molecule has 6 nitrogen and oxygen atoms in total. The van der Waals surface area contributed by atoms with Crippen LogP contribution in [0, 0.1) is 0 Å². The number of benzene rings is 1. The maximum absolute atomic E-state index is 13.1. The van der Waals surface area contributed by atoms with Crippen molar-refractivity contribution in [2.75, 3.05) is 38.2 Å². The molecule has 2 aliphatic carbocycles. The van der Waals surface area contributed by atoms with Gasteiger partial charge in [0.05, 0.1) is 12.5 Å². The standard InChI is InChI=1S/C25H28N4O2S/c1-31-18-6-4-5-17(15-18)25(30)29-13-11-28(12-14-29)23-21-19-7-2-3-8-20(19)32-24(21)27-22(26-23)16-9-10-16/h4-6,15-16H,2-3,7-14H2,1H3. The number of nitrogens with zero attached hydrogens (tertiary/aromatic N) is 4. The Hall–Kier alpha value is -2.67. The first-order chi connectivity index (χ1) is 15.7. The molecule has 2 aromatic heterocycles. The van der Waals surface area contributed by atoms with Crippen molar-refractivity contribution in [1.29, 1.82) is 0 Å². The lowest BCUT2D eigenvalue weighted by Crippen LogP contribution is -2.49. The summed E-state index contributed by atoms with van der Waals surface area (Å²) in [6, 6.07) is 7.43. The maximum Gasteiger partial charge on any atom is 0.254 e. The summed E-state index contributed by atoms with van der Waals surface area (Å²) >= 11 is 1.89. The second-order valence-electron chi connectivity index (χ2n) is 9.08. The van der Waals surface area contributed by atoms with Crippen LogP contribution in [0.4, 0.5) is 5.82 Å². The quantitative estimate of drug-likeness (QED) is 0.591. The highest BCUT2D eigenvalue weighted by Crippen LogP contribution is 2.44. The number of hydrogen-bond donors (Lipinski definition) is 0. The topological polar surface area (TPSA) is 58.6 Å². The monoisotopic (exact) mass is 448 g/mol. The number of carbonyl (C=O) groups is 1. The Bertz CT molecular complexity index is 1180. The van der Waals surface area contributed by atoms with Crippen molar-refractivity contribution in [2.24, 2.45) is 0 Å². The molecule has 6 rings (SSSR count). The third-order valence-corrected chi connectivity index (χ3v) is 8.12. The molecule has 0 unspecified atom stereocenters. The van der Waals surface area contributed by atoms with E-state index in [4.69, 9.17) is 14.7 Å². The highest BCUT2D eigenvalue weighted by atomic mass is 32.1. The second-order valence-corrected chi connectivity index (χ2v) is 10.2. The van der Waals surface area contributed by atoms with Gasteiger partial charge in [-0.25, -0.2) is 9.97 Å². The minimum Gasteiger partial charge on any atom is -0.497 e. The molecule has 166 valence electrons. The number of ether oxygens (including phenoxy) is 1. The molecule has 0 atom stereocenters. The van der Waals surface area contributed by atoms with Gasteiger partial charge in [-0.3, -0.25) is 4.79 Å². The van der Waals surface area contributed by atoms with Gasteiger partial charge < -0.3 is 14.5 Å². The zero-order valence-corrected chi connectivity index (χ0v) is 19.3. The SMILES string of the molecule is COc1cccc(C(=O)N2CCN(c3nc(C4CC4)nc4sc5c(c34)CCCC5)CC2)c1. The summed E-state index contributed by atoms with van der Waals surface area (Å²) in [5, 5.41) is 1.29. The van der Waals surface area contributed by atoms with Crippen LogP contribution in [0.5, 0.6) is 5.75 Å². The Morgan fingerprint density at radius 1 is 1.09 bits per heavy atom. The molecule has 1 saturated carbocycles. The maximum atomic E-state index is 13.1. The lowest BCUT2D eigenvalue weighted by molar-refractivity contribution is 0.0746. The number of fused-ring (bicyclic) bond motifs is 3. The predicted octanol–water partition coefficient (Wildman–Crippen LogP) is 4.42. The number of thiophene rings is 1. The fourth-order valence-corrected chi connectivity index (χ4v) is 6.23. The van der Waals surface area contributed by atoms with E-state index in [0.29, 0.717) is 30.3 Å². The highest BCUT2D eigenvalue weighted by molar-refractivity contribution is 7.19. The van der Waals surface area contributed by atoms with Gasteiger partial charge in [-0.15, -0.1) is 11.3 Å². The van der Waals surface area contributed by atoms with Crippen molar-refractivity contribution in [3.05, 3.63) is 46.1 Å². The van der Waals surface area contributed by atoms with Crippen molar-refractivity contribution < 1.29 is 9.53 Å². The number of amides is 1.